The highest BCUT2D eigenvalue weighted by Gasteiger charge is 2.11. The SMILES string of the molecule is CC(=CCS(=O)(=O)c1ccccc1)NOCc1ccc(Cl)cc1. The zero-order valence-electron chi connectivity index (χ0n) is 12.7. The first-order valence-electron chi connectivity index (χ1n) is 7.04. The minimum Gasteiger partial charge on any atom is -0.272 e. The van der Waals surface area contributed by atoms with Crippen LogP contribution < -0.4 is 5.48 Å². The second-order valence-corrected chi connectivity index (χ2v) is 7.47. The molecule has 0 aliphatic heterocycles. The Labute approximate surface area is 141 Å². The maximum absolute atomic E-state index is 12.1. The molecule has 23 heavy (non-hydrogen) atoms. The Morgan fingerprint density at radius 1 is 1.13 bits per heavy atom. The van der Waals surface area contributed by atoms with E-state index in [4.69, 9.17) is 16.4 Å². The second-order valence-electron chi connectivity index (χ2n) is 5.00. The van der Waals surface area contributed by atoms with Gasteiger partial charge in [-0.05, 0) is 42.8 Å². The molecule has 0 radical (unpaired) electrons. The lowest BCUT2D eigenvalue weighted by Crippen LogP contribution is -2.14. The van der Waals surface area contributed by atoms with Crippen LogP contribution in [0.1, 0.15) is 12.5 Å². The molecule has 1 N–H and O–H groups in total. The lowest BCUT2D eigenvalue weighted by atomic mass is 10.2. The summed E-state index contributed by atoms with van der Waals surface area (Å²) in [5.74, 6) is -0.0832. The largest absolute Gasteiger partial charge is 0.272 e. The van der Waals surface area contributed by atoms with E-state index in [1.807, 2.05) is 12.1 Å². The number of rotatable bonds is 7. The summed E-state index contributed by atoms with van der Waals surface area (Å²) in [4.78, 5) is 5.65. The standard InChI is InChI=1S/C17H18ClNO3S/c1-14(19-22-13-15-7-9-16(18)10-8-15)11-12-23(20,21)17-5-3-2-4-6-17/h2-11,19H,12-13H2,1H3. The monoisotopic (exact) mass is 351 g/mol. The van der Waals surface area contributed by atoms with Gasteiger partial charge in [0.15, 0.2) is 9.84 Å². The van der Waals surface area contributed by atoms with E-state index >= 15 is 0 Å². The van der Waals surface area contributed by atoms with Crippen molar-refractivity contribution in [1.82, 2.24) is 5.48 Å². The van der Waals surface area contributed by atoms with Crippen molar-refractivity contribution in [3.05, 3.63) is 77.0 Å². The van der Waals surface area contributed by atoms with E-state index in [-0.39, 0.29) is 5.75 Å². The van der Waals surface area contributed by atoms with Crippen LogP contribution in [0.4, 0.5) is 0 Å². The number of nitrogens with one attached hydrogen (secondary N) is 1. The molecular weight excluding hydrogens is 334 g/mol. The molecule has 0 heterocycles. The molecule has 0 unspecified atom stereocenters. The third kappa shape index (κ3) is 5.71. The fourth-order valence-corrected chi connectivity index (χ4v) is 3.17. The molecule has 4 nitrogen and oxygen atoms in total. The second kappa shape index (κ2) is 8.15. The molecule has 0 aliphatic carbocycles. The van der Waals surface area contributed by atoms with E-state index in [1.54, 1.807) is 55.5 Å². The molecule has 0 amide bonds. The van der Waals surface area contributed by atoms with Gasteiger partial charge in [-0.3, -0.25) is 10.3 Å². The maximum atomic E-state index is 12.1. The quantitative estimate of drug-likeness (QED) is 0.772. The Kier molecular flexibility index (Phi) is 6.21. The highest BCUT2D eigenvalue weighted by atomic mass is 35.5. The van der Waals surface area contributed by atoms with Crippen molar-refractivity contribution in [1.29, 1.82) is 0 Å². The first-order chi connectivity index (χ1) is 11.0. The van der Waals surface area contributed by atoms with Crippen LogP contribution in [-0.4, -0.2) is 14.2 Å². The van der Waals surface area contributed by atoms with Crippen molar-refractivity contribution in [3.8, 4) is 0 Å². The van der Waals surface area contributed by atoms with Gasteiger partial charge in [-0.25, -0.2) is 8.42 Å². The summed E-state index contributed by atoms with van der Waals surface area (Å²) < 4.78 is 24.3. The van der Waals surface area contributed by atoms with Gasteiger partial charge in [0.2, 0.25) is 0 Å². The van der Waals surface area contributed by atoms with Crippen LogP contribution in [0, 0.1) is 0 Å². The van der Waals surface area contributed by atoms with Crippen molar-refractivity contribution in [3.63, 3.8) is 0 Å². The number of hydroxylamine groups is 1. The molecule has 2 aromatic rings. The highest BCUT2D eigenvalue weighted by Crippen LogP contribution is 2.11. The molecule has 0 fully saturated rings. The number of sulfone groups is 1. The highest BCUT2D eigenvalue weighted by molar-refractivity contribution is 7.91. The van der Waals surface area contributed by atoms with Gasteiger partial charge in [0.25, 0.3) is 0 Å². The topological polar surface area (TPSA) is 55.4 Å². The third-order valence-corrected chi connectivity index (χ3v) is 4.94. The fourth-order valence-electron chi connectivity index (χ4n) is 1.81. The van der Waals surface area contributed by atoms with Crippen LogP contribution in [0.5, 0.6) is 0 Å². The van der Waals surface area contributed by atoms with Crippen LogP contribution in [0.15, 0.2) is 71.3 Å². The van der Waals surface area contributed by atoms with Gasteiger partial charge < -0.3 is 0 Å². The van der Waals surface area contributed by atoms with Gasteiger partial charge in [-0.15, -0.1) is 0 Å². The first-order valence-corrected chi connectivity index (χ1v) is 9.07. The summed E-state index contributed by atoms with van der Waals surface area (Å²) in [7, 11) is -3.32. The van der Waals surface area contributed by atoms with Crippen LogP contribution in [0.2, 0.25) is 5.02 Å². The molecule has 0 atom stereocenters. The minimum absolute atomic E-state index is 0.0832. The lowest BCUT2D eigenvalue weighted by Gasteiger charge is -2.08. The van der Waals surface area contributed by atoms with Crippen molar-refractivity contribution in [2.24, 2.45) is 0 Å². The van der Waals surface area contributed by atoms with Gasteiger partial charge >= 0.3 is 0 Å². The average molecular weight is 352 g/mol. The molecule has 6 heteroatoms. The van der Waals surface area contributed by atoms with Crippen LogP contribution in [0.3, 0.4) is 0 Å². The van der Waals surface area contributed by atoms with Crippen molar-refractivity contribution in [2.45, 2.75) is 18.4 Å². The Hall–Kier alpha value is -1.82. The summed E-state index contributed by atoms with van der Waals surface area (Å²) in [5.41, 5.74) is 4.34. The molecule has 122 valence electrons. The van der Waals surface area contributed by atoms with Gasteiger partial charge in [-0.1, -0.05) is 41.9 Å². The molecule has 0 saturated carbocycles. The number of halogens is 1. The van der Waals surface area contributed by atoms with Crippen molar-refractivity contribution in [2.75, 3.05) is 5.75 Å². The number of hydrogen-bond donors (Lipinski definition) is 1. The zero-order chi connectivity index (χ0) is 16.7. The molecule has 0 aliphatic rings. The summed E-state index contributed by atoms with van der Waals surface area (Å²) in [6, 6.07) is 15.7. The van der Waals surface area contributed by atoms with Gasteiger partial charge in [0.1, 0.15) is 0 Å². The van der Waals surface area contributed by atoms with Gasteiger partial charge in [0, 0.05) is 10.7 Å². The Morgan fingerprint density at radius 2 is 1.78 bits per heavy atom. The molecule has 0 bridgehead atoms. The van der Waals surface area contributed by atoms with E-state index in [0.29, 0.717) is 22.2 Å². The molecular formula is C17H18ClNO3S. The van der Waals surface area contributed by atoms with E-state index in [2.05, 4.69) is 5.48 Å². The fraction of sp³-hybridized carbons (Fsp3) is 0.176. The maximum Gasteiger partial charge on any atom is 0.181 e. The normalized spacial score (nSPS) is 12.2. The first kappa shape index (κ1) is 17.5. The summed E-state index contributed by atoms with van der Waals surface area (Å²) >= 11 is 5.81. The number of benzene rings is 2. The summed E-state index contributed by atoms with van der Waals surface area (Å²) in [6.07, 6.45) is 1.59. The van der Waals surface area contributed by atoms with Crippen LogP contribution >= 0.6 is 11.6 Å². The molecule has 0 aromatic heterocycles. The minimum atomic E-state index is -3.32. The van der Waals surface area contributed by atoms with Gasteiger partial charge in [0.05, 0.1) is 17.3 Å². The van der Waals surface area contributed by atoms with E-state index in [0.717, 1.165) is 5.56 Å². The number of hydrogen-bond acceptors (Lipinski definition) is 4. The van der Waals surface area contributed by atoms with E-state index in [1.165, 1.54) is 0 Å². The lowest BCUT2D eigenvalue weighted by molar-refractivity contribution is 0.0492. The molecule has 0 spiro atoms. The molecule has 2 rings (SSSR count). The average Bonchev–Trinajstić information content (AvgIpc) is 2.56. The van der Waals surface area contributed by atoms with Crippen LogP contribution in [-0.2, 0) is 21.3 Å². The predicted octanol–water partition coefficient (Wildman–Crippen LogP) is 3.74. The Balaban J connectivity index is 1.84. The predicted molar refractivity (Wildman–Crippen MR) is 91.6 cm³/mol. The molecule has 2 aromatic carbocycles. The van der Waals surface area contributed by atoms with Crippen molar-refractivity contribution < 1.29 is 13.3 Å². The zero-order valence-corrected chi connectivity index (χ0v) is 14.3. The Morgan fingerprint density at radius 3 is 2.43 bits per heavy atom. The summed E-state index contributed by atoms with van der Waals surface area (Å²) in [6.45, 7) is 2.11. The molecule has 0 saturated heterocycles. The van der Waals surface area contributed by atoms with E-state index in [9.17, 15) is 8.42 Å². The van der Waals surface area contributed by atoms with Crippen LogP contribution in [0.25, 0.3) is 0 Å². The smallest absolute Gasteiger partial charge is 0.181 e. The van der Waals surface area contributed by atoms with E-state index < -0.39 is 9.84 Å². The Bertz CT molecular complexity index is 756. The summed E-state index contributed by atoms with van der Waals surface area (Å²) in [5, 5.41) is 0.670. The van der Waals surface area contributed by atoms with Crippen molar-refractivity contribution >= 4 is 21.4 Å². The van der Waals surface area contributed by atoms with Gasteiger partial charge in [-0.2, -0.15) is 0 Å². The third-order valence-electron chi connectivity index (χ3n) is 3.10. The number of allylic oxidation sites excluding steroid dienone is 1.